The van der Waals surface area contributed by atoms with E-state index in [0.29, 0.717) is 16.9 Å². The van der Waals surface area contributed by atoms with Gasteiger partial charge in [0.15, 0.2) is 11.0 Å². The van der Waals surface area contributed by atoms with E-state index < -0.39 is 0 Å². The summed E-state index contributed by atoms with van der Waals surface area (Å²) in [4.78, 5) is 4.18. The van der Waals surface area contributed by atoms with Crippen LogP contribution in [0.1, 0.15) is 5.89 Å². The van der Waals surface area contributed by atoms with E-state index in [2.05, 4.69) is 33.0 Å². The van der Waals surface area contributed by atoms with Crippen LogP contribution in [0.25, 0.3) is 22.8 Å². The van der Waals surface area contributed by atoms with Crippen LogP contribution >= 0.6 is 12.6 Å². The fraction of sp³-hybridized carbons (Fsp3) is 0.167. The van der Waals surface area contributed by atoms with E-state index in [9.17, 15) is 0 Å². The van der Waals surface area contributed by atoms with Gasteiger partial charge in [0.1, 0.15) is 0 Å². The van der Waals surface area contributed by atoms with E-state index in [0.717, 1.165) is 17.0 Å². The Morgan fingerprint density at radius 3 is 2.32 bits per heavy atom. The summed E-state index contributed by atoms with van der Waals surface area (Å²) >= 11 is 4.21. The van der Waals surface area contributed by atoms with Crippen molar-refractivity contribution in [2.45, 2.75) is 12.1 Å². The zero-order chi connectivity index (χ0) is 13.4. The van der Waals surface area contributed by atoms with Crippen LogP contribution in [0, 0.1) is 6.92 Å². The monoisotopic (exact) mass is 273 g/mol. The normalized spacial score (nSPS) is 10.9. The van der Waals surface area contributed by atoms with Crippen molar-refractivity contribution in [1.29, 1.82) is 0 Å². The highest BCUT2D eigenvalue weighted by molar-refractivity contribution is 7.80. The van der Waals surface area contributed by atoms with Crippen LogP contribution in [0.2, 0.25) is 0 Å². The van der Waals surface area contributed by atoms with Crippen LogP contribution in [0.5, 0.6) is 0 Å². The van der Waals surface area contributed by atoms with Crippen LogP contribution in [-0.2, 0) is 7.05 Å². The summed E-state index contributed by atoms with van der Waals surface area (Å²) in [5.74, 6) is 1.89. The van der Waals surface area contributed by atoms with Gasteiger partial charge in [-0.3, -0.25) is 0 Å². The van der Waals surface area contributed by atoms with E-state index in [-0.39, 0.29) is 0 Å². The molecule has 0 saturated heterocycles. The second-order valence-corrected chi connectivity index (χ2v) is 4.50. The number of nitrogens with zero attached hydrogens (tertiary/aromatic N) is 5. The Balaban J connectivity index is 1.97. The molecule has 0 amide bonds. The summed E-state index contributed by atoms with van der Waals surface area (Å²) in [7, 11) is 1.87. The van der Waals surface area contributed by atoms with Gasteiger partial charge in [-0.25, -0.2) is 0 Å². The molecule has 1 aromatic carbocycles. The maximum absolute atomic E-state index is 4.96. The second-order valence-electron chi connectivity index (χ2n) is 4.10. The molecule has 0 aliphatic rings. The number of thiol groups is 1. The SMILES string of the molecule is Cc1nc(-c2ccc(-c3nnc(S)n3C)cc2)no1. The van der Waals surface area contributed by atoms with Gasteiger partial charge in [-0.05, 0) is 0 Å². The quantitative estimate of drug-likeness (QED) is 0.724. The molecule has 19 heavy (non-hydrogen) atoms. The summed E-state index contributed by atoms with van der Waals surface area (Å²) in [5.41, 5.74) is 1.85. The summed E-state index contributed by atoms with van der Waals surface area (Å²) in [5, 5.41) is 12.4. The first-order valence-electron chi connectivity index (χ1n) is 5.64. The Morgan fingerprint density at radius 2 is 1.79 bits per heavy atom. The van der Waals surface area contributed by atoms with Crippen molar-refractivity contribution < 1.29 is 4.52 Å². The molecule has 2 heterocycles. The predicted octanol–water partition coefficient (Wildman–Crippen LogP) is 2.13. The number of benzene rings is 1. The lowest BCUT2D eigenvalue weighted by molar-refractivity contribution is 0.394. The van der Waals surface area contributed by atoms with E-state index in [4.69, 9.17) is 4.52 Å². The minimum atomic E-state index is 0.548. The van der Waals surface area contributed by atoms with Gasteiger partial charge in [-0.2, -0.15) is 4.98 Å². The minimum Gasteiger partial charge on any atom is -0.339 e. The van der Waals surface area contributed by atoms with Crippen molar-refractivity contribution in [2.24, 2.45) is 7.05 Å². The molecule has 3 aromatic rings. The molecule has 0 saturated carbocycles. The van der Waals surface area contributed by atoms with Gasteiger partial charge in [0, 0.05) is 25.1 Å². The van der Waals surface area contributed by atoms with Gasteiger partial charge in [-0.15, -0.1) is 22.8 Å². The van der Waals surface area contributed by atoms with Gasteiger partial charge in [0.05, 0.1) is 0 Å². The highest BCUT2D eigenvalue weighted by atomic mass is 32.1. The molecular weight excluding hydrogens is 262 g/mol. The number of aryl methyl sites for hydroxylation is 1. The van der Waals surface area contributed by atoms with Gasteiger partial charge in [0.25, 0.3) is 0 Å². The summed E-state index contributed by atoms with van der Waals surface area (Å²) in [6.45, 7) is 1.76. The number of hydrogen-bond donors (Lipinski definition) is 1. The molecule has 6 nitrogen and oxygen atoms in total. The molecule has 0 bridgehead atoms. The molecule has 0 aliphatic carbocycles. The van der Waals surface area contributed by atoms with Crippen molar-refractivity contribution in [3.05, 3.63) is 30.2 Å². The fourth-order valence-electron chi connectivity index (χ4n) is 1.76. The first kappa shape index (κ1) is 11.9. The zero-order valence-electron chi connectivity index (χ0n) is 10.4. The first-order valence-corrected chi connectivity index (χ1v) is 6.09. The van der Waals surface area contributed by atoms with E-state index in [1.165, 1.54) is 0 Å². The molecule has 7 heteroatoms. The summed E-state index contributed by atoms with van der Waals surface area (Å²) in [6, 6.07) is 7.73. The number of hydrogen-bond acceptors (Lipinski definition) is 6. The van der Waals surface area contributed by atoms with Crippen LogP contribution in [-0.4, -0.2) is 24.9 Å². The fourth-order valence-corrected chi connectivity index (χ4v) is 1.90. The molecule has 0 spiro atoms. The topological polar surface area (TPSA) is 69.6 Å². The number of rotatable bonds is 2. The Morgan fingerprint density at radius 1 is 1.11 bits per heavy atom. The van der Waals surface area contributed by atoms with Crippen LogP contribution < -0.4 is 0 Å². The number of aromatic nitrogens is 5. The predicted molar refractivity (Wildman–Crippen MR) is 71.7 cm³/mol. The van der Waals surface area contributed by atoms with E-state index in [1.54, 1.807) is 6.92 Å². The van der Waals surface area contributed by atoms with Crippen molar-refractivity contribution in [3.63, 3.8) is 0 Å². The molecule has 3 rings (SSSR count). The lowest BCUT2D eigenvalue weighted by Gasteiger charge is -2.01. The highest BCUT2D eigenvalue weighted by Gasteiger charge is 2.10. The van der Waals surface area contributed by atoms with Gasteiger partial charge >= 0.3 is 0 Å². The van der Waals surface area contributed by atoms with Gasteiger partial charge < -0.3 is 9.09 Å². The van der Waals surface area contributed by atoms with E-state index in [1.807, 2.05) is 35.9 Å². The molecular formula is C12H11N5OS. The molecule has 0 unspecified atom stereocenters. The van der Waals surface area contributed by atoms with Gasteiger partial charge in [0.2, 0.25) is 11.7 Å². The maximum atomic E-state index is 4.96. The Bertz CT molecular complexity index is 716. The molecule has 0 fully saturated rings. The molecule has 0 aliphatic heterocycles. The molecule has 0 radical (unpaired) electrons. The second kappa shape index (κ2) is 4.51. The average molecular weight is 273 g/mol. The van der Waals surface area contributed by atoms with Crippen molar-refractivity contribution >= 4 is 12.6 Å². The molecule has 0 N–H and O–H groups in total. The third-order valence-electron chi connectivity index (χ3n) is 2.78. The lowest BCUT2D eigenvalue weighted by atomic mass is 10.1. The van der Waals surface area contributed by atoms with Crippen LogP contribution in [0.4, 0.5) is 0 Å². The molecule has 2 aromatic heterocycles. The summed E-state index contributed by atoms with van der Waals surface area (Å²) in [6.07, 6.45) is 0. The smallest absolute Gasteiger partial charge is 0.223 e. The average Bonchev–Trinajstić information content (AvgIpc) is 2.98. The van der Waals surface area contributed by atoms with Crippen molar-refractivity contribution in [3.8, 4) is 22.8 Å². The first-order chi connectivity index (χ1) is 9.15. The Hall–Kier alpha value is -2.15. The standard InChI is InChI=1S/C12H11N5OS/c1-7-13-10(16-18-7)8-3-5-9(6-4-8)11-14-15-12(19)17(11)2/h3-6H,1-2H3,(H,15,19). The van der Waals surface area contributed by atoms with E-state index >= 15 is 0 Å². The summed E-state index contributed by atoms with van der Waals surface area (Å²) < 4.78 is 6.77. The largest absolute Gasteiger partial charge is 0.339 e. The van der Waals surface area contributed by atoms with Crippen LogP contribution in [0.3, 0.4) is 0 Å². The molecule has 96 valence electrons. The third-order valence-corrected chi connectivity index (χ3v) is 3.17. The lowest BCUT2D eigenvalue weighted by Crippen LogP contribution is -1.93. The highest BCUT2D eigenvalue weighted by Crippen LogP contribution is 2.22. The van der Waals surface area contributed by atoms with Crippen LogP contribution in [0.15, 0.2) is 33.9 Å². The zero-order valence-corrected chi connectivity index (χ0v) is 11.3. The van der Waals surface area contributed by atoms with Gasteiger partial charge in [-0.1, -0.05) is 29.4 Å². The third kappa shape index (κ3) is 2.12. The Labute approximate surface area is 114 Å². The maximum Gasteiger partial charge on any atom is 0.223 e. The van der Waals surface area contributed by atoms with Crippen molar-refractivity contribution in [2.75, 3.05) is 0 Å². The minimum absolute atomic E-state index is 0.548. The Kier molecular flexibility index (Phi) is 2.83. The van der Waals surface area contributed by atoms with Crippen molar-refractivity contribution in [1.82, 2.24) is 24.9 Å². The molecule has 0 atom stereocenters.